The molecule has 0 saturated heterocycles. The summed E-state index contributed by atoms with van der Waals surface area (Å²) >= 11 is 0. The average molecular weight is 499 g/mol. The van der Waals surface area contributed by atoms with Gasteiger partial charge in [0.1, 0.15) is 28.4 Å². The van der Waals surface area contributed by atoms with Gasteiger partial charge in [-0.1, -0.05) is 62.2 Å². The lowest BCUT2D eigenvalue weighted by Gasteiger charge is -2.22. The van der Waals surface area contributed by atoms with Crippen LogP contribution in [0.25, 0.3) is 21.9 Å². The van der Waals surface area contributed by atoms with Gasteiger partial charge in [0.2, 0.25) is 0 Å². The Balaban J connectivity index is 1.82. The van der Waals surface area contributed by atoms with Crippen molar-refractivity contribution in [3.8, 4) is 17.2 Å². The maximum Gasteiger partial charge on any atom is 0.344 e. The van der Waals surface area contributed by atoms with Crippen molar-refractivity contribution < 1.29 is 23.8 Å². The van der Waals surface area contributed by atoms with Gasteiger partial charge in [-0.3, -0.25) is 0 Å². The van der Waals surface area contributed by atoms with E-state index < -0.39 is 17.2 Å². The lowest BCUT2D eigenvalue weighted by atomic mass is 9.84. The third-order valence-corrected chi connectivity index (χ3v) is 6.45. The van der Waals surface area contributed by atoms with Gasteiger partial charge in [0.05, 0.1) is 34.4 Å². The van der Waals surface area contributed by atoms with E-state index in [-0.39, 0.29) is 33.8 Å². The van der Waals surface area contributed by atoms with Gasteiger partial charge < -0.3 is 23.8 Å². The molecular weight excluding hydrogens is 472 g/mol. The van der Waals surface area contributed by atoms with Crippen molar-refractivity contribution in [3.63, 3.8) is 0 Å². The molecule has 37 heavy (non-hydrogen) atoms. The van der Waals surface area contributed by atoms with E-state index in [1.165, 1.54) is 0 Å². The molecule has 0 atom stereocenters. The van der Waals surface area contributed by atoms with Crippen molar-refractivity contribution in [2.75, 3.05) is 6.61 Å². The first-order chi connectivity index (χ1) is 18.0. The second kappa shape index (κ2) is 10.2. The minimum Gasteiger partial charge on any atom is -0.507 e. The normalized spacial score (nSPS) is 11.4. The van der Waals surface area contributed by atoms with Gasteiger partial charge in [-0.15, -0.1) is 0 Å². The number of rotatable bonds is 8. The third kappa shape index (κ3) is 4.44. The first-order valence-electron chi connectivity index (χ1n) is 12.2. The smallest absolute Gasteiger partial charge is 0.344 e. The van der Waals surface area contributed by atoms with Gasteiger partial charge in [0.15, 0.2) is 0 Å². The Morgan fingerprint density at radius 2 is 1.24 bits per heavy atom. The highest BCUT2D eigenvalue weighted by Crippen LogP contribution is 2.44. The minimum atomic E-state index is -1.23. The Morgan fingerprint density at radius 1 is 0.730 bits per heavy atom. The zero-order valence-corrected chi connectivity index (χ0v) is 20.3. The summed E-state index contributed by atoms with van der Waals surface area (Å²) in [4.78, 5) is 26.7. The van der Waals surface area contributed by atoms with Gasteiger partial charge in [0, 0.05) is 5.56 Å². The number of aromatic hydroxyl groups is 2. The summed E-state index contributed by atoms with van der Waals surface area (Å²) in [6.07, 6.45) is 2.82. The quantitative estimate of drug-likeness (QED) is 0.198. The molecule has 0 aliphatic rings. The van der Waals surface area contributed by atoms with Crippen LogP contribution in [-0.4, -0.2) is 16.8 Å². The number of benzene rings is 3. The molecule has 3 aromatic carbocycles. The number of unbranched alkanes of at least 4 members (excludes halogenated alkanes) is 2. The number of para-hydroxylation sites is 3. The first kappa shape index (κ1) is 24.2. The van der Waals surface area contributed by atoms with Crippen molar-refractivity contribution in [1.82, 2.24) is 0 Å². The van der Waals surface area contributed by atoms with Crippen LogP contribution in [0.2, 0.25) is 0 Å². The van der Waals surface area contributed by atoms with Crippen molar-refractivity contribution in [1.29, 1.82) is 0 Å². The fraction of sp³-hybridized carbons (Fsp3) is 0.200. The van der Waals surface area contributed by atoms with Crippen molar-refractivity contribution in [2.24, 2.45) is 0 Å². The molecule has 0 spiro atoms. The molecule has 0 unspecified atom stereocenters. The van der Waals surface area contributed by atoms with Gasteiger partial charge >= 0.3 is 11.3 Å². The van der Waals surface area contributed by atoms with Gasteiger partial charge in [0.25, 0.3) is 0 Å². The minimum absolute atomic E-state index is 0.193. The third-order valence-electron chi connectivity index (χ3n) is 6.45. The van der Waals surface area contributed by atoms with Crippen molar-refractivity contribution in [2.45, 2.75) is 32.1 Å². The molecule has 5 rings (SSSR count). The second-order valence-corrected chi connectivity index (χ2v) is 8.82. The van der Waals surface area contributed by atoms with Crippen LogP contribution in [0.4, 0.5) is 0 Å². The number of hydrogen-bond donors (Lipinski definition) is 2. The Kier molecular flexibility index (Phi) is 6.68. The van der Waals surface area contributed by atoms with Crippen LogP contribution >= 0.6 is 0 Å². The number of ether oxygens (including phenoxy) is 1. The molecule has 0 bridgehead atoms. The molecule has 0 saturated carbocycles. The molecule has 2 heterocycles. The highest BCUT2D eigenvalue weighted by atomic mass is 16.5. The predicted molar refractivity (Wildman–Crippen MR) is 141 cm³/mol. The summed E-state index contributed by atoms with van der Waals surface area (Å²) in [5.74, 6) is -1.50. The monoisotopic (exact) mass is 498 g/mol. The zero-order valence-electron chi connectivity index (χ0n) is 20.3. The average Bonchev–Trinajstić information content (AvgIpc) is 2.90. The standard InChI is InChI=1S/C30H26O7/c1-2-3-10-17-35-21-14-7-4-11-18(21)24(25-27(31)19-12-5-8-15-22(19)36-29(25)33)26-28(32)20-13-6-9-16-23(20)37-30(26)34/h4-9,11-16,24,31-32H,2-3,10,17H2,1H3. The summed E-state index contributed by atoms with van der Waals surface area (Å²) in [5, 5.41) is 23.3. The van der Waals surface area contributed by atoms with Crippen LogP contribution in [0.3, 0.4) is 0 Å². The topological polar surface area (TPSA) is 110 Å². The van der Waals surface area contributed by atoms with Crippen LogP contribution in [0.5, 0.6) is 17.2 Å². The van der Waals surface area contributed by atoms with E-state index in [0.29, 0.717) is 28.7 Å². The SMILES string of the molecule is CCCCCOc1ccccc1C(c1c(O)c2ccccc2oc1=O)c1c(O)c2ccccc2oc1=O. The van der Waals surface area contributed by atoms with E-state index in [9.17, 15) is 19.8 Å². The molecule has 2 N–H and O–H groups in total. The summed E-state index contributed by atoms with van der Waals surface area (Å²) in [6.45, 7) is 2.52. The van der Waals surface area contributed by atoms with Gasteiger partial charge in [-0.25, -0.2) is 9.59 Å². The van der Waals surface area contributed by atoms with Crippen molar-refractivity contribution >= 4 is 21.9 Å². The summed E-state index contributed by atoms with van der Waals surface area (Å²) < 4.78 is 17.2. The van der Waals surface area contributed by atoms with E-state index in [4.69, 9.17) is 13.6 Å². The molecule has 2 aromatic heterocycles. The highest BCUT2D eigenvalue weighted by Gasteiger charge is 2.34. The molecule has 5 aromatic rings. The molecule has 0 aliphatic heterocycles. The second-order valence-electron chi connectivity index (χ2n) is 8.82. The molecule has 0 amide bonds. The Labute approximate surface area is 212 Å². The number of hydrogen-bond acceptors (Lipinski definition) is 7. The zero-order chi connectivity index (χ0) is 25.9. The van der Waals surface area contributed by atoms with Crippen LogP contribution in [-0.2, 0) is 0 Å². The fourth-order valence-electron chi connectivity index (χ4n) is 4.64. The van der Waals surface area contributed by atoms with E-state index in [1.807, 2.05) is 0 Å². The highest BCUT2D eigenvalue weighted by molar-refractivity contribution is 5.87. The largest absolute Gasteiger partial charge is 0.507 e. The van der Waals surface area contributed by atoms with Crippen LogP contribution < -0.4 is 16.0 Å². The summed E-state index contributed by atoms with van der Waals surface area (Å²) in [7, 11) is 0. The van der Waals surface area contributed by atoms with Gasteiger partial charge in [-0.2, -0.15) is 0 Å². The molecule has 7 nitrogen and oxygen atoms in total. The summed E-state index contributed by atoms with van der Waals surface area (Å²) in [6, 6.07) is 20.1. The lowest BCUT2D eigenvalue weighted by Crippen LogP contribution is -2.22. The maximum absolute atomic E-state index is 13.4. The fourth-order valence-corrected chi connectivity index (χ4v) is 4.64. The molecular formula is C30H26O7. The van der Waals surface area contributed by atoms with Crippen LogP contribution in [0.15, 0.2) is 91.2 Å². The molecule has 0 radical (unpaired) electrons. The van der Waals surface area contributed by atoms with Crippen molar-refractivity contribution in [3.05, 3.63) is 110 Å². The molecule has 0 aliphatic carbocycles. The van der Waals surface area contributed by atoms with Crippen LogP contribution in [0.1, 0.15) is 48.8 Å². The first-order valence-corrected chi connectivity index (χ1v) is 12.2. The molecule has 188 valence electrons. The van der Waals surface area contributed by atoms with E-state index in [0.717, 1.165) is 19.3 Å². The van der Waals surface area contributed by atoms with E-state index in [1.54, 1.807) is 72.8 Å². The maximum atomic E-state index is 13.4. The Bertz CT molecular complexity index is 1600. The Hall–Kier alpha value is -4.52. The van der Waals surface area contributed by atoms with Gasteiger partial charge in [-0.05, 0) is 36.8 Å². The van der Waals surface area contributed by atoms with E-state index >= 15 is 0 Å². The Morgan fingerprint density at radius 3 is 1.81 bits per heavy atom. The summed E-state index contributed by atoms with van der Waals surface area (Å²) in [5.41, 5.74) is -1.25. The molecule has 0 fully saturated rings. The lowest BCUT2D eigenvalue weighted by molar-refractivity contribution is 0.302. The van der Waals surface area contributed by atoms with E-state index in [2.05, 4.69) is 6.92 Å². The predicted octanol–water partition coefficient (Wildman–Crippen LogP) is 6.06. The number of fused-ring (bicyclic) bond motifs is 2. The van der Waals surface area contributed by atoms with Crippen LogP contribution in [0, 0.1) is 0 Å². The molecule has 7 heteroatoms.